The molecule has 1 unspecified atom stereocenters. The fourth-order valence-electron chi connectivity index (χ4n) is 3.78. The van der Waals surface area contributed by atoms with Gasteiger partial charge in [0.2, 0.25) is 0 Å². The summed E-state index contributed by atoms with van der Waals surface area (Å²) in [5, 5.41) is 0. The first-order valence-electron chi connectivity index (χ1n) is 10.2. The van der Waals surface area contributed by atoms with E-state index in [2.05, 4.69) is 9.55 Å². The molecule has 1 aromatic carbocycles. The molecule has 1 atom stereocenters. The highest BCUT2D eigenvalue weighted by Crippen LogP contribution is 2.34. The molecule has 5 nitrogen and oxygen atoms in total. The van der Waals surface area contributed by atoms with Crippen LogP contribution in [0.1, 0.15) is 62.7 Å². The number of halogens is 3. The summed E-state index contributed by atoms with van der Waals surface area (Å²) >= 11 is 0. The van der Waals surface area contributed by atoms with Gasteiger partial charge in [-0.3, -0.25) is 4.90 Å². The molecule has 164 valence electrons. The molecule has 30 heavy (non-hydrogen) atoms. The average Bonchev–Trinajstić information content (AvgIpc) is 3.07. The van der Waals surface area contributed by atoms with Crippen LogP contribution < -0.4 is 0 Å². The number of fused-ring (bicyclic) bond motifs is 1. The third-order valence-electron chi connectivity index (χ3n) is 5.18. The maximum atomic E-state index is 12.9. The van der Waals surface area contributed by atoms with Gasteiger partial charge in [0.1, 0.15) is 5.60 Å². The minimum absolute atomic E-state index is 0.242. The van der Waals surface area contributed by atoms with Crippen molar-refractivity contribution in [1.82, 2.24) is 14.5 Å². The van der Waals surface area contributed by atoms with Crippen molar-refractivity contribution in [1.29, 1.82) is 0 Å². The number of carbonyl (C=O) groups is 1. The molecular weight excluding hydrogens is 395 g/mol. The van der Waals surface area contributed by atoms with Crippen LogP contribution in [0.15, 0.2) is 30.6 Å². The Kier molecular flexibility index (Phi) is 6.15. The average molecular weight is 423 g/mol. The lowest BCUT2D eigenvalue weighted by molar-refractivity contribution is -0.137. The molecular formula is C22H28F3N3O2. The Morgan fingerprint density at radius 2 is 1.83 bits per heavy atom. The van der Waals surface area contributed by atoms with E-state index in [0.29, 0.717) is 25.9 Å². The number of aromatic nitrogens is 2. The van der Waals surface area contributed by atoms with Gasteiger partial charge in [0, 0.05) is 13.1 Å². The number of benzene rings is 1. The van der Waals surface area contributed by atoms with E-state index in [0.717, 1.165) is 35.5 Å². The molecule has 0 fully saturated rings. The normalized spacial score (nSPS) is 17.0. The van der Waals surface area contributed by atoms with Crippen molar-refractivity contribution < 1.29 is 22.7 Å². The molecule has 1 amide bonds. The van der Waals surface area contributed by atoms with Gasteiger partial charge in [0.05, 0.1) is 29.3 Å². The lowest BCUT2D eigenvalue weighted by Gasteiger charge is -2.38. The second-order valence-electron chi connectivity index (χ2n) is 8.55. The summed E-state index contributed by atoms with van der Waals surface area (Å²) in [6, 6.07) is 4.96. The van der Waals surface area contributed by atoms with Gasteiger partial charge in [-0.2, -0.15) is 13.2 Å². The number of ether oxygens (including phenoxy) is 1. The zero-order valence-corrected chi connectivity index (χ0v) is 17.8. The number of hydrogen-bond acceptors (Lipinski definition) is 3. The quantitative estimate of drug-likeness (QED) is 0.663. The van der Waals surface area contributed by atoms with Crippen molar-refractivity contribution in [2.45, 2.75) is 71.3 Å². The number of carbonyl (C=O) groups excluding carboxylic acids is 1. The molecule has 2 aromatic rings. The Morgan fingerprint density at radius 1 is 1.17 bits per heavy atom. The third-order valence-corrected chi connectivity index (χ3v) is 5.18. The highest BCUT2D eigenvalue weighted by Gasteiger charge is 2.35. The lowest BCUT2D eigenvalue weighted by Crippen LogP contribution is -2.45. The molecule has 0 spiro atoms. The number of alkyl halides is 3. The van der Waals surface area contributed by atoms with E-state index in [9.17, 15) is 18.0 Å². The summed E-state index contributed by atoms with van der Waals surface area (Å²) in [4.78, 5) is 19.1. The SMILES string of the molecule is CCc1ncn2c1C(CCc1ccc(C(F)(F)F)cc1)N(C(=O)OC(C)(C)C)CC2. The van der Waals surface area contributed by atoms with Crippen molar-refractivity contribution in [3.63, 3.8) is 0 Å². The van der Waals surface area contributed by atoms with Gasteiger partial charge >= 0.3 is 12.3 Å². The standard InChI is InChI=1S/C22H28F3N3O2/c1-5-17-19-18(11-8-15-6-9-16(10-7-15)22(23,24)25)28(13-12-27(19)14-26-17)20(29)30-21(2,3)4/h6-7,9-10,14,18H,5,8,11-13H2,1-4H3. The molecule has 3 rings (SSSR count). The number of amides is 1. The number of nitrogens with zero attached hydrogens (tertiary/aromatic N) is 3. The van der Waals surface area contributed by atoms with Crippen LogP contribution in [-0.2, 0) is 30.3 Å². The van der Waals surface area contributed by atoms with Gasteiger partial charge in [-0.05, 0) is 57.7 Å². The molecule has 1 aromatic heterocycles. The van der Waals surface area contributed by atoms with Gasteiger partial charge in [0.15, 0.2) is 0 Å². The summed E-state index contributed by atoms with van der Waals surface area (Å²) in [6.45, 7) is 8.63. The van der Waals surface area contributed by atoms with Gasteiger partial charge < -0.3 is 9.30 Å². The summed E-state index contributed by atoms with van der Waals surface area (Å²) in [6.07, 6.45) is -1.08. The Morgan fingerprint density at radius 3 is 2.40 bits per heavy atom. The van der Waals surface area contributed by atoms with E-state index in [1.807, 2.05) is 27.7 Å². The van der Waals surface area contributed by atoms with Crippen molar-refractivity contribution in [2.75, 3.05) is 6.54 Å². The maximum Gasteiger partial charge on any atom is 0.416 e. The van der Waals surface area contributed by atoms with Crippen LogP contribution in [0.4, 0.5) is 18.0 Å². The monoisotopic (exact) mass is 423 g/mol. The van der Waals surface area contributed by atoms with Crippen molar-refractivity contribution in [2.24, 2.45) is 0 Å². The second kappa shape index (κ2) is 8.32. The van der Waals surface area contributed by atoms with E-state index in [-0.39, 0.29) is 12.1 Å². The molecule has 8 heteroatoms. The van der Waals surface area contributed by atoms with Gasteiger partial charge in [-0.1, -0.05) is 19.1 Å². The van der Waals surface area contributed by atoms with Crippen molar-refractivity contribution in [3.8, 4) is 0 Å². The summed E-state index contributed by atoms with van der Waals surface area (Å²) < 4.78 is 46.1. The van der Waals surface area contributed by atoms with Gasteiger partial charge in [-0.15, -0.1) is 0 Å². The fourth-order valence-corrected chi connectivity index (χ4v) is 3.78. The Labute approximate surface area is 174 Å². The van der Waals surface area contributed by atoms with Gasteiger partial charge in [0.25, 0.3) is 0 Å². The third kappa shape index (κ3) is 4.96. The van der Waals surface area contributed by atoms with Crippen LogP contribution in [0.2, 0.25) is 0 Å². The van der Waals surface area contributed by atoms with E-state index in [4.69, 9.17) is 4.74 Å². The summed E-state index contributed by atoms with van der Waals surface area (Å²) in [5.41, 5.74) is 1.44. The van der Waals surface area contributed by atoms with Crippen LogP contribution in [0, 0.1) is 0 Å². The molecule has 1 aliphatic heterocycles. The van der Waals surface area contributed by atoms with Crippen molar-refractivity contribution >= 4 is 6.09 Å². The second-order valence-corrected chi connectivity index (χ2v) is 8.55. The summed E-state index contributed by atoms with van der Waals surface area (Å²) in [5.74, 6) is 0. The zero-order chi connectivity index (χ0) is 22.1. The van der Waals surface area contributed by atoms with E-state index < -0.39 is 17.3 Å². The van der Waals surface area contributed by atoms with Gasteiger partial charge in [-0.25, -0.2) is 9.78 Å². The molecule has 0 bridgehead atoms. The fraction of sp³-hybridized carbons (Fsp3) is 0.545. The molecule has 0 saturated heterocycles. The van der Waals surface area contributed by atoms with Crippen molar-refractivity contribution in [3.05, 3.63) is 53.1 Å². The first kappa shape index (κ1) is 22.2. The van der Waals surface area contributed by atoms with E-state index in [1.165, 1.54) is 12.1 Å². The minimum Gasteiger partial charge on any atom is -0.444 e. The Bertz CT molecular complexity index is 869. The molecule has 0 N–H and O–H groups in total. The molecule has 2 heterocycles. The smallest absolute Gasteiger partial charge is 0.416 e. The predicted molar refractivity (Wildman–Crippen MR) is 107 cm³/mol. The molecule has 0 aliphatic carbocycles. The highest BCUT2D eigenvalue weighted by molar-refractivity contribution is 5.69. The van der Waals surface area contributed by atoms with Crippen LogP contribution >= 0.6 is 0 Å². The van der Waals surface area contributed by atoms with Crippen LogP contribution in [-0.4, -0.2) is 32.7 Å². The van der Waals surface area contributed by atoms with Crippen LogP contribution in [0.3, 0.4) is 0 Å². The minimum atomic E-state index is -4.35. The van der Waals surface area contributed by atoms with E-state index in [1.54, 1.807) is 11.2 Å². The maximum absolute atomic E-state index is 12.9. The Balaban J connectivity index is 1.83. The van der Waals surface area contributed by atoms with Crippen LogP contribution in [0.5, 0.6) is 0 Å². The molecule has 0 radical (unpaired) electrons. The first-order chi connectivity index (χ1) is 14.0. The number of aryl methyl sites for hydroxylation is 2. The van der Waals surface area contributed by atoms with E-state index >= 15 is 0 Å². The summed E-state index contributed by atoms with van der Waals surface area (Å²) in [7, 11) is 0. The molecule has 1 aliphatic rings. The topological polar surface area (TPSA) is 47.4 Å². The zero-order valence-electron chi connectivity index (χ0n) is 17.8. The number of hydrogen-bond donors (Lipinski definition) is 0. The molecule has 0 saturated carbocycles. The predicted octanol–water partition coefficient (Wildman–Crippen LogP) is 5.39. The number of imidazole rings is 1. The Hall–Kier alpha value is -2.51. The lowest BCUT2D eigenvalue weighted by atomic mass is 9.97. The largest absolute Gasteiger partial charge is 0.444 e. The van der Waals surface area contributed by atoms with Crippen LogP contribution in [0.25, 0.3) is 0 Å². The highest BCUT2D eigenvalue weighted by atomic mass is 19.4. The first-order valence-corrected chi connectivity index (χ1v) is 10.2. The number of rotatable bonds is 4.